The normalized spacial score (nSPS) is 10.0. The van der Waals surface area contributed by atoms with Crippen LogP contribution in [0.25, 0.3) is 0 Å². The van der Waals surface area contributed by atoms with Gasteiger partial charge in [-0.1, -0.05) is 18.2 Å². The second kappa shape index (κ2) is 7.85. The van der Waals surface area contributed by atoms with Gasteiger partial charge in [0.15, 0.2) is 0 Å². The molecule has 128 valence electrons. The molecule has 7 heteroatoms. The molecular weight excluding hydrogens is 333 g/mol. The quantitative estimate of drug-likeness (QED) is 0.740. The number of carbonyl (C=O) groups is 1. The lowest BCUT2D eigenvalue weighted by Gasteiger charge is -2.07. The van der Waals surface area contributed by atoms with E-state index >= 15 is 0 Å². The minimum absolute atomic E-state index is 0.0679. The second-order valence-corrected chi connectivity index (χ2v) is 5.38. The summed E-state index contributed by atoms with van der Waals surface area (Å²) in [6.45, 7) is 0.0679. The van der Waals surface area contributed by atoms with Crippen molar-refractivity contribution in [3.05, 3.63) is 83.6 Å². The van der Waals surface area contributed by atoms with E-state index in [0.717, 1.165) is 5.69 Å². The Morgan fingerprint density at radius 1 is 1.08 bits per heavy atom. The summed E-state index contributed by atoms with van der Waals surface area (Å²) in [4.78, 5) is 20.3. The average Bonchev–Trinajstić information content (AvgIpc) is 2.68. The number of halogens is 1. The van der Waals surface area contributed by atoms with Gasteiger partial charge in [0.2, 0.25) is 0 Å². The molecule has 1 amide bonds. The Kier molecular flexibility index (Phi) is 5.15. The molecule has 0 fully saturated rings. The van der Waals surface area contributed by atoms with Gasteiger partial charge in [-0.3, -0.25) is 4.79 Å². The highest BCUT2D eigenvalue weighted by molar-refractivity contribution is 5.92. The summed E-state index contributed by atoms with van der Waals surface area (Å²) in [6.07, 6.45) is 2.76. The maximum atomic E-state index is 13.5. The van der Waals surface area contributed by atoms with Gasteiger partial charge in [-0.05, 0) is 30.3 Å². The molecule has 6 nitrogen and oxygen atoms in total. The van der Waals surface area contributed by atoms with Gasteiger partial charge in [-0.2, -0.15) is 5.26 Å². The van der Waals surface area contributed by atoms with E-state index in [1.54, 1.807) is 42.5 Å². The number of rotatable bonds is 5. The first-order chi connectivity index (χ1) is 12.7. The van der Waals surface area contributed by atoms with Crippen molar-refractivity contribution < 1.29 is 9.18 Å². The van der Waals surface area contributed by atoms with Crippen LogP contribution in [-0.2, 0) is 6.54 Å². The lowest BCUT2D eigenvalue weighted by molar-refractivity contribution is 0.0945. The Balaban J connectivity index is 1.60. The van der Waals surface area contributed by atoms with Crippen LogP contribution in [-0.4, -0.2) is 15.9 Å². The Hall–Kier alpha value is -3.79. The fourth-order valence-corrected chi connectivity index (χ4v) is 2.19. The predicted octanol–water partition coefficient (Wildman–Crippen LogP) is 3.16. The molecule has 1 aromatic heterocycles. The van der Waals surface area contributed by atoms with Crippen molar-refractivity contribution in [2.24, 2.45) is 0 Å². The number of aromatic nitrogens is 2. The van der Waals surface area contributed by atoms with E-state index in [9.17, 15) is 9.18 Å². The largest absolute Gasteiger partial charge is 0.346 e. The molecule has 0 atom stereocenters. The summed E-state index contributed by atoms with van der Waals surface area (Å²) in [5.41, 5.74) is 1.83. The van der Waals surface area contributed by atoms with E-state index in [0.29, 0.717) is 16.9 Å². The number of nitriles is 1. The molecule has 0 saturated carbocycles. The zero-order valence-corrected chi connectivity index (χ0v) is 13.6. The topological polar surface area (TPSA) is 90.7 Å². The number of hydrogen-bond acceptors (Lipinski definition) is 5. The number of benzene rings is 2. The van der Waals surface area contributed by atoms with Crippen LogP contribution in [0, 0.1) is 17.1 Å². The van der Waals surface area contributed by atoms with Crippen LogP contribution in [0.2, 0.25) is 0 Å². The van der Waals surface area contributed by atoms with Crippen LogP contribution in [0.4, 0.5) is 15.9 Å². The first kappa shape index (κ1) is 17.0. The second-order valence-electron chi connectivity index (χ2n) is 5.38. The fraction of sp³-hybridized carbons (Fsp3) is 0.0526. The number of carbonyl (C=O) groups excluding carboxylic acids is 1. The molecule has 3 aromatic rings. The minimum Gasteiger partial charge on any atom is -0.346 e. The fourth-order valence-electron chi connectivity index (χ4n) is 2.19. The van der Waals surface area contributed by atoms with Crippen molar-refractivity contribution in [1.82, 2.24) is 15.3 Å². The zero-order chi connectivity index (χ0) is 18.4. The highest BCUT2D eigenvalue weighted by Gasteiger charge is 2.09. The Morgan fingerprint density at radius 2 is 1.85 bits per heavy atom. The van der Waals surface area contributed by atoms with E-state index in [-0.39, 0.29) is 18.1 Å². The lowest BCUT2D eigenvalue weighted by Crippen LogP contribution is -2.24. The highest BCUT2D eigenvalue weighted by atomic mass is 19.1. The van der Waals surface area contributed by atoms with E-state index in [1.165, 1.54) is 18.5 Å². The molecule has 0 aliphatic rings. The molecule has 0 unspecified atom stereocenters. The van der Waals surface area contributed by atoms with Crippen LogP contribution in [0.5, 0.6) is 0 Å². The third-order valence-electron chi connectivity index (χ3n) is 3.57. The first-order valence-electron chi connectivity index (χ1n) is 7.76. The van der Waals surface area contributed by atoms with Crippen LogP contribution < -0.4 is 10.6 Å². The van der Waals surface area contributed by atoms with Gasteiger partial charge in [0.1, 0.15) is 17.3 Å². The van der Waals surface area contributed by atoms with E-state index < -0.39 is 5.91 Å². The number of nitrogens with one attached hydrogen (secondary N) is 2. The summed E-state index contributed by atoms with van der Waals surface area (Å²) in [5, 5.41) is 14.4. The van der Waals surface area contributed by atoms with Crippen molar-refractivity contribution in [3.8, 4) is 6.07 Å². The number of amides is 1. The summed E-state index contributed by atoms with van der Waals surface area (Å²) in [6, 6.07) is 15.1. The van der Waals surface area contributed by atoms with Crippen molar-refractivity contribution in [2.45, 2.75) is 6.54 Å². The van der Waals surface area contributed by atoms with E-state index in [4.69, 9.17) is 5.26 Å². The summed E-state index contributed by atoms with van der Waals surface area (Å²) < 4.78 is 13.5. The van der Waals surface area contributed by atoms with Crippen LogP contribution in [0.3, 0.4) is 0 Å². The summed E-state index contributed by atoms with van der Waals surface area (Å²) in [7, 11) is 0. The molecule has 1 heterocycles. The maximum absolute atomic E-state index is 13.5. The molecule has 3 rings (SSSR count). The van der Waals surface area contributed by atoms with Crippen molar-refractivity contribution in [3.63, 3.8) is 0 Å². The third kappa shape index (κ3) is 4.19. The monoisotopic (exact) mass is 347 g/mol. The Labute approximate surface area is 149 Å². The standard InChI is InChI=1S/C19H14FN5O/c20-16-4-2-1-3-14(16)10-24-19(26)17-11-23-18(12-22-17)25-15-7-5-13(9-21)6-8-15/h1-8,11-12H,10H2,(H,23,25)(H,24,26). The van der Waals surface area contributed by atoms with E-state index in [1.807, 2.05) is 6.07 Å². The molecule has 0 bridgehead atoms. The molecule has 0 aliphatic heterocycles. The SMILES string of the molecule is N#Cc1ccc(Nc2cnc(C(=O)NCc3ccccc3F)cn2)cc1. The van der Waals surface area contributed by atoms with Crippen LogP contribution in [0.15, 0.2) is 60.9 Å². The van der Waals surface area contributed by atoms with Gasteiger partial charge in [0.05, 0.1) is 24.0 Å². The third-order valence-corrected chi connectivity index (χ3v) is 3.57. The Bertz CT molecular complexity index is 949. The molecule has 0 spiro atoms. The summed E-state index contributed by atoms with van der Waals surface area (Å²) >= 11 is 0. The molecule has 0 aliphatic carbocycles. The smallest absolute Gasteiger partial charge is 0.271 e. The van der Waals surface area contributed by atoms with Crippen LogP contribution >= 0.6 is 0 Å². The maximum Gasteiger partial charge on any atom is 0.271 e. The Morgan fingerprint density at radius 3 is 2.50 bits per heavy atom. The van der Waals surface area contributed by atoms with Gasteiger partial charge in [0.25, 0.3) is 5.91 Å². The molecule has 0 saturated heterocycles. The van der Waals surface area contributed by atoms with Crippen molar-refractivity contribution in [2.75, 3.05) is 5.32 Å². The average molecular weight is 347 g/mol. The molecule has 2 N–H and O–H groups in total. The molecule has 0 radical (unpaired) electrons. The molecular formula is C19H14FN5O. The van der Waals surface area contributed by atoms with Crippen molar-refractivity contribution in [1.29, 1.82) is 5.26 Å². The van der Waals surface area contributed by atoms with Crippen LogP contribution in [0.1, 0.15) is 21.6 Å². The van der Waals surface area contributed by atoms with Crippen molar-refractivity contribution >= 4 is 17.4 Å². The predicted molar refractivity (Wildman–Crippen MR) is 94.0 cm³/mol. The number of hydrogen-bond donors (Lipinski definition) is 2. The van der Waals surface area contributed by atoms with Gasteiger partial charge >= 0.3 is 0 Å². The number of nitrogens with zero attached hydrogens (tertiary/aromatic N) is 3. The molecule has 2 aromatic carbocycles. The van der Waals surface area contributed by atoms with Gasteiger partial charge in [-0.25, -0.2) is 14.4 Å². The van der Waals surface area contributed by atoms with E-state index in [2.05, 4.69) is 20.6 Å². The highest BCUT2D eigenvalue weighted by Crippen LogP contribution is 2.14. The molecule has 26 heavy (non-hydrogen) atoms. The van der Waals surface area contributed by atoms with Gasteiger partial charge in [0, 0.05) is 17.8 Å². The van der Waals surface area contributed by atoms with Gasteiger partial charge < -0.3 is 10.6 Å². The zero-order valence-electron chi connectivity index (χ0n) is 13.6. The van der Waals surface area contributed by atoms with Gasteiger partial charge in [-0.15, -0.1) is 0 Å². The lowest BCUT2D eigenvalue weighted by atomic mass is 10.2. The summed E-state index contributed by atoms with van der Waals surface area (Å²) in [5.74, 6) is -0.355. The minimum atomic E-state index is -0.439. The number of anilines is 2. The first-order valence-corrected chi connectivity index (χ1v) is 7.76.